The van der Waals surface area contributed by atoms with Gasteiger partial charge < -0.3 is 20.7 Å². The third-order valence-electron chi connectivity index (χ3n) is 6.76. The van der Waals surface area contributed by atoms with Gasteiger partial charge in [-0.15, -0.1) is 0 Å². The highest BCUT2D eigenvalue weighted by atomic mass is 16.3. The molecule has 0 radical (unpaired) electrons. The Morgan fingerprint density at radius 1 is 1.17 bits per heavy atom. The molecule has 5 rings (SSSR count). The summed E-state index contributed by atoms with van der Waals surface area (Å²) in [6.45, 7) is 2.32. The number of aryl methyl sites for hydroxylation is 1. The van der Waals surface area contributed by atoms with Crippen LogP contribution in [0, 0.1) is 12.3 Å². The van der Waals surface area contributed by atoms with Gasteiger partial charge in [-0.05, 0) is 48.9 Å². The molecule has 8 nitrogen and oxygen atoms in total. The van der Waals surface area contributed by atoms with E-state index in [4.69, 9.17) is 11.1 Å². The summed E-state index contributed by atoms with van der Waals surface area (Å²) in [4.78, 5) is 22.1. The molecule has 2 aromatic carbocycles. The first-order valence-electron chi connectivity index (χ1n) is 11.8. The van der Waals surface area contributed by atoms with Gasteiger partial charge >= 0.3 is 0 Å². The van der Waals surface area contributed by atoms with Crippen LogP contribution in [0.5, 0.6) is 5.75 Å². The van der Waals surface area contributed by atoms with Gasteiger partial charge in [-0.2, -0.15) is 0 Å². The van der Waals surface area contributed by atoms with E-state index in [2.05, 4.69) is 21.4 Å². The number of phenolic OH excluding ortho intramolecular Hbond substituents is 1. The number of rotatable bonds is 6. The molecule has 1 fully saturated rings. The van der Waals surface area contributed by atoms with Gasteiger partial charge in [0, 0.05) is 17.3 Å². The Morgan fingerprint density at radius 3 is 2.71 bits per heavy atom. The van der Waals surface area contributed by atoms with Crippen LogP contribution < -0.4 is 16.6 Å². The van der Waals surface area contributed by atoms with Crippen LogP contribution in [-0.4, -0.2) is 25.4 Å². The number of phenols is 1. The number of nitrogens with one attached hydrogen (secondary N) is 2. The molecule has 2 heterocycles. The van der Waals surface area contributed by atoms with Crippen LogP contribution >= 0.6 is 0 Å². The van der Waals surface area contributed by atoms with Crippen LogP contribution in [0.15, 0.2) is 59.7 Å². The van der Waals surface area contributed by atoms with Crippen molar-refractivity contribution in [1.82, 2.24) is 14.5 Å². The Morgan fingerprint density at radius 2 is 1.94 bits per heavy atom. The quantitative estimate of drug-likeness (QED) is 0.308. The number of nitrogens with two attached hydrogens (primary N) is 1. The number of fused-ring (bicyclic) bond motifs is 1. The number of pyridine rings is 1. The fraction of sp³-hybridized carbons (Fsp3) is 0.259. The first-order valence-corrected chi connectivity index (χ1v) is 11.8. The van der Waals surface area contributed by atoms with Crippen LogP contribution in [0.2, 0.25) is 0 Å². The molecule has 0 aliphatic heterocycles. The van der Waals surface area contributed by atoms with Gasteiger partial charge in [0.2, 0.25) is 0 Å². The van der Waals surface area contributed by atoms with E-state index in [9.17, 15) is 9.90 Å². The average molecular weight is 469 g/mol. The summed E-state index contributed by atoms with van der Waals surface area (Å²) < 4.78 is 1.94. The molecule has 0 amide bonds. The van der Waals surface area contributed by atoms with E-state index in [0.717, 1.165) is 47.7 Å². The zero-order valence-electron chi connectivity index (χ0n) is 19.6. The molecule has 0 unspecified atom stereocenters. The molecule has 1 aliphatic rings. The molecule has 4 aromatic rings. The summed E-state index contributed by atoms with van der Waals surface area (Å²) >= 11 is 0. The Hall–Kier alpha value is -4.20. The Labute approximate surface area is 203 Å². The lowest BCUT2D eigenvalue weighted by Crippen LogP contribution is -2.28. The number of nitrogens with zero attached hydrogens (tertiary/aromatic N) is 3. The molecule has 0 saturated heterocycles. The zero-order valence-corrected chi connectivity index (χ0v) is 19.6. The molecular weight excluding hydrogens is 440 g/mol. The van der Waals surface area contributed by atoms with Crippen LogP contribution in [0.1, 0.15) is 54.1 Å². The lowest BCUT2D eigenvalue weighted by atomic mass is 10.0. The maximum absolute atomic E-state index is 13.6. The zero-order chi connectivity index (χ0) is 24.5. The smallest absolute Gasteiger partial charge is 0.259 e. The van der Waals surface area contributed by atoms with Crippen molar-refractivity contribution in [1.29, 1.82) is 5.41 Å². The SMILES string of the molecule is Cc1cccc2cc(CNc3ncnc(N)c3C(=N)c3cccc(O)c3)n(C3CCCC3)c(=O)c12. The number of aromatic hydroxyl groups is 1. The highest BCUT2D eigenvalue weighted by Crippen LogP contribution is 2.31. The molecule has 1 saturated carbocycles. The summed E-state index contributed by atoms with van der Waals surface area (Å²) in [6.07, 6.45) is 5.55. The third kappa shape index (κ3) is 4.23. The summed E-state index contributed by atoms with van der Waals surface area (Å²) in [5.74, 6) is 0.628. The second-order valence-corrected chi connectivity index (χ2v) is 9.05. The van der Waals surface area contributed by atoms with Crippen LogP contribution in [0.3, 0.4) is 0 Å². The van der Waals surface area contributed by atoms with Crippen molar-refractivity contribution >= 4 is 28.1 Å². The largest absolute Gasteiger partial charge is 0.508 e. The van der Waals surface area contributed by atoms with Gasteiger partial charge in [-0.3, -0.25) is 10.2 Å². The molecule has 1 aliphatic carbocycles. The van der Waals surface area contributed by atoms with Crippen LogP contribution in [0.4, 0.5) is 11.6 Å². The fourth-order valence-electron chi connectivity index (χ4n) is 5.06. The van der Waals surface area contributed by atoms with Crippen LogP contribution in [0.25, 0.3) is 10.8 Å². The van der Waals surface area contributed by atoms with Crippen molar-refractivity contribution in [2.24, 2.45) is 0 Å². The second kappa shape index (κ2) is 9.21. The van der Waals surface area contributed by atoms with Gasteiger partial charge in [0.25, 0.3) is 5.56 Å². The molecule has 2 aromatic heterocycles. The van der Waals surface area contributed by atoms with E-state index >= 15 is 0 Å². The maximum atomic E-state index is 13.6. The fourth-order valence-corrected chi connectivity index (χ4v) is 5.06. The van der Waals surface area contributed by atoms with Crippen molar-refractivity contribution < 1.29 is 5.11 Å². The first-order chi connectivity index (χ1) is 16.9. The normalized spacial score (nSPS) is 13.9. The summed E-state index contributed by atoms with van der Waals surface area (Å²) in [6, 6.07) is 14.6. The van der Waals surface area contributed by atoms with Gasteiger partial charge in [0.1, 0.15) is 23.7 Å². The third-order valence-corrected chi connectivity index (χ3v) is 6.76. The predicted molar refractivity (Wildman–Crippen MR) is 138 cm³/mol. The first kappa shape index (κ1) is 22.6. The van der Waals surface area contributed by atoms with Gasteiger partial charge in [-0.1, -0.05) is 43.2 Å². The van der Waals surface area contributed by atoms with Gasteiger partial charge in [0.15, 0.2) is 0 Å². The van der Waals surface area contributed by atoms with E-state index in [1.54, 1.807) is 18.2 Å². The molecule has 35 heavy (non-hydrogen) atoms. The summed E-state index contributed by atoms with van der Waals surface area (Å²) in [5.41, 5.74) is 9.00. The highest BCUT2D eigenvalue weighted by Gasteiger charge is 2.23. The summed E-state index contributed by atoms with van der Waals surface area (Å²) in [5, 5.41) is 23.6. The van der Waals surface area contributed by atoms with E-state index < -0.39 is 0 Å². The highest BCUT2D eigenvalue weighted by molar-refractivity contribution is 6.16. The standard InChI is InChI=1S/C27H28N6O2/c1-16-6-4-7-17-12-20(33(27(35)22(16)17)19-9-2-3-10-19)14-30-26-23(25(29)31-15-32-26)24(28)18-8-5-11-21(34)13-18/h4-8,11-13,15,19,28,34H,2-3,9-10,14H2,1H3,(H3,29,30,31,32). The number of hydrogen-bond donors (Lipinski definition) is 4. The van der Waals surface area contributed by atoms with Crippen molar-refractivity contribution in [2.75, 3.05) is 11.1 Å². The molecule has 0 bridgehead atoms. The minimum Gasteiger partial charge on any atom is -0.508 e. The minimum atomic E-state index is 0.0410. The molecule has 178 valence electrons. The molecule has 5 N–H and O–H groups in total. The van der Waals surface area contributed by atoms with E-state index in [-0.39, 0.29) is 28.9 Å². The van der Waals surface area contributed by atoms with Crippen molar-refractivity contribution in [3.05, 3.63) is 87.6 Å². The molecule has 0 spiro atoms. The maximum Gasteiger partial charge on any atom is 0.259 e. The number of aromatic nitrogens is 3. The average Bonchev–Trinajstić information content (AvgIpc) is 3.36. The number of hydrogen-bond acceptors (Lipinski definition) is 7. The number of anilines is 2. The number of benzene rings is 2. The number of nitrogen functional groups attached to an aromatic ring is 1. The summed E-state index contributed by atoms with van der Waals surface area (Å²) in [7, 11) is 0. The topological polar surface area (TPSA) is 130 Å². The van der Waals surface area contributed by atoms with E-state index in [1.807, 2.05) is 29.7 Å². The van der Waals surface area contributed by atoms with Crippen molar-refractivity contribution in [3.63, 3.8) is 0 Å². The van der Waals surface area contributed by atoms with E-state index in [0.29, 0.717) is 23.5 Å². The predicted octanol–water partition coefficient (Wildman–Crippen LogP) is 4.53. The van der Waals surface area contributed by atoms with Crippen molar-refractivity contribution in [3.8, 4) is 5.75 Å². The monoisotopic (exact) mass is 468 g/mol. The Kier molecular flexibility index (Phi) is 5.94. The van der Waals surface area contributed by atoms with Gasteiger partial charge in [-0.25, -0.2) is 9.97 Å². The molecule has 0 atom stereocenters. The van der Waals surface area contributed by atoms with Crippen LogP contribution in [-0.2, 0) is 6.54 Å². The molecular formula is C27H28N6O2. The van der Waals surface area contributed by atoms with Gasteiger partial charge in [0.05, 0.1) is 23.2 Å². The lowest BCUT2D eigenvalue weighted by Gasteiger charge is -2.22. The Bertz CT molecular complexity index is 1490. The Balaban J connectivity index is 1.55. The van der Waals surface area contributed by atoms with E-state index in [1.165, 1.54) is 12.4 Å². The lowest BCUT2D eigenvalue weighted by molar-refractivity contribution is 0.475. The second-order valence-electron chi connectivity index (χ2n) is 9.05. The van der Waals surface area contributed by atoms with Crippen molar-refractivity contribution in [2.45, 2.75) is 45.2 Å². The molecule has 8 heteroatoms. The minimum absolute atomic E-state index is 0.0410.